The molecule has 5 nitrogen and oxygen atoms in total. The minimum atomic E-state index is -1.16. The van der Waals surface area contributed by atoms with Crippen molar-refractivity contribution in [1.29, 1.82) is 0 Å². The average Bonchev–Trinajstić information content (AvgIpc) is 2.89. The standard InChI is InChI=1S/C15H19FN2O3/c1-10(11-4-6-12(16)7-5-11)17-14(21)18-15(13(19)20)8-2-3-9-15/h4-7,10H,2-3,8-9H2,1H3,(H,19,20)(H2,17,18,21). The zero-order valence-electron chi connectivity index (χ0n) is 11.9. The summed E-state index contributed by atoms with van der Waals surface area (Å²) in [4.78, 5) is 23.4. The fourth-order valence-corrected chi connectivity index (χ4v) is 2.66. The molecular weight excluding hydrogens is 275 g/mol. The van der Waals surface area contributed by atoms with Gasteiger partial charge in [-0.15, -0.1) is 0 Å². The largest absolute Gasteiger partial charge is 0.480 e. The van der Waals surface area contributed by atoms with Crippen molar-refractivity contribution >= 4 is 12.0 Å². The van der Waals surface area contributed by atoms with E-state index in [0.717, 1.165) is 18.4 Å². The Bertz CT molecular complexity index is 524. The molecule has 21 heavy (non-hydrogen) atoms. The lowest BCUT2D eigenvalue weighted by atomic mass is 9.98. The smallest absolute Gasteiger partial charge is 0.329 e. The van der Waals surface area contributed by atoms with Crippen LogP contribution in [0.3, 0.4) is 0 Å². The normalized spacial score (nSPS) is 18.0. The van der Waals surface area contributed by atoms with E-state index in [0.29, 0.717) is 12.8 Å². The van der Waals surface area contributed by atoms with Crippen LogP contribution >= 0.6 is 0 Å². The SMILES string of the molecule is CC(NC(=O)NC1(C(=O)O)CCCC1)c1ccc(F)cc1. The molecule has 0 radical (unpaired) electrons. The molecule has 3 N–H and O–H groups in total. The Hall–Kier alpha value is -2.11. The summed E-state index contributed by atoms with van der Waals surface area (Å²) in [5.74, 6) is -1.34. The van der Waals surface area contributed by atoms with Gasteiger partial charge in [-0.05, 0) is 37.5 Å². The Kier molecular flexibility index (Phi) is 4.45. The zero-order valence-corrected chi connectivity index (χ0v) is 11.9. The third-order valence-corrected chi connectivity index (χ3v) is 3.94. The van der Waals surface area contributed by atoms with Gasteiger partial charge in [0.15, 0.2) is 0 Å². The monoisotopic (exact) mass is 294 g/mol. The van der Waals surface area contributed by atoms with Crippen LogP contribution in [0.1, 0.15) is 44.2 Å². The first-order valence-corrected chi connectivity index (χ1v) is 7.00. The van der Waals surface area contributed by atoms with Gasteiger partial charge in [-0.25, -0.2) is 14.0 Å². The van der Waals surface area contributed by atoms with E-state index in [2.05, 4.69) is 10.6 Å². The van der Waals surface area contributed by atoms with Gasteiger partial charge in [-0.1, -0.05) is 25.0 Å². The van der Waals surface area contributed by atoms with Crippen LogP contribution in [-0.2, 0) is 4.79 Å². The Morgan fingerprint density at radius 1 is 1.24 bits per heavy atom. The van der Waals surface area contributed by atoms with Gasteiger partial charge in [0.05, 0.1) is 6.04 Å². The number of benzene rings is 1. The molecule has 0 bridgehead atoms. The van der Waals surface area contributed by atoms with Gasteiger partial charge in [-0.3, -0.25) is 0 Å². The summed E-state index contributed by atoms with van der Waals surface area (Å²) in [6, 6.07) is 4.96. The third kappa shape index (κ3) is 3.51. The molecule has 6 heteroatoms. The predicted molar refractivity (Wildman–Crippen MR) is 75.3 cm³/mol. The summed E-state index contributed by atoms with van der Waals surface area (Å²) in [5.41, 5.74) is -0.408. The molecule has 1 aliphatic rings. The van der Waals surface area contributed by atoms with Crippen molar-refractivity contribution in [3.63, 3.8) is 0 Å². The molecule has 0 spiro atoms. The van der Waals surface area contributed by atoms with Gasteiger partial charge < -0.3 is 15.7 Å². The van der Waals surface area contributed by atoms with Gasteiger partial charge in [0.1, 0.15) is 11.4 Å². The van der Waals surface area contributed by atoms with Crippen molar-refractivity contribution in [2.24, 2.45) is 0 Å². The molecule has 1 aliphatic carbocycles. The first kappa shape index (κ1) is 15.3. The summed E-state index contributed by atoms with van der Waals surface area (Å²) in [5, 5.41) is 14.6. The predicted octanol–water partition coefficient (Wildman–Crippen LogP) is 2.58. The van der Waals surface area contributed by atoms with Crippen LogP contribution in [0.25, 0.3) is 0 Å². The summed E-state index contributed by atoms with van der Waals surface area (Å²) < 4.78 is 12.9. The molecule has 2 rings (SSSR count). The van der Waals surface area contributed by atoms with Crippen molar-refractivity contribution in [3.05, 3.63) is 35.6 Å². The van der Waals surface area contributed by atoms with Crippen LogP contribution < -0.4 is 10.6 Å². The Labute approximate surface area is 122 Å². The zero-order chi connectivity index (χ0) is 15.5. The number of nitrogens with one attached hydrogen (secondary N) is 2. The van der Waals surface area contributed by atoms with Gasteiger partial charge in [-0.2, -0.15) is 0 Å². The van der Waals surface area contributed by atoms with E-state index < -0.39 is 17.5 Å². The van der Waals surface area contributed by atoms with E-state index in [1.807, 2.05) is 0 Å². The third-order valence-electron chi connectivity index (χ3n) is 3.94. The molecule has 2 amide bonds. The van der Waals surface area contributed by atoms with E-state index in [4.69, 9.17) is 0 Å². The summed E-state index contributed by atoms with van der Waals surface area (Å²) in [6.07, 6.45) is 2.47. The minimum absolute atomic E-state index is 0.335. The molecule has 0 saturated heterocycles. The van der Waals surface area contributed by atoms with Crippen molar-refractivity contribution in [2.75, 3.05) is 0 Å². The highest BCUT2D eigenvalue weighted by Gasteiger charge is 2.42. The van der Waals surface area contributed by atoms with Crippen molar-refractivity contribution < 1.29 is 19.1 Å². The minimum Gasteiger partial charge on any atom is -0.480 e. The Morgan fingerprint density at radius 2 is 1.81 bits per heavy atom. The van der Waals surface area contributed by atoms with Crippen molar-refractivity contribution in [3.8, 4) is 0 Å². The van der Waals surface area contributed by atoms with Crippen LogP contribution in [0.15, 0.2) is 24.3 Å². The number of carbonyl (C=O) groups is 2. The molecule has 0 aliphatic heterocycles. The van der Waals surface area contributed by atoms with Crippen molar-refractivity contribution in [1.82, 2.24) is 10.6 Å². The molecule has 1 atom stereocenters. The van der Waals surface area contributed by atoms with Crippen LogP contribution in [-0.4, -0.2) is 22.6 Å². The van der Waals surface area contributed by atoms with E-state index in [-0.39, 0.29) is 11.9 Å². The first-order valence-electron chi connectivity index (χ1n) is 7.00. The number of carbonyl (C=O) groups excluding carboxylic acids is 1. The number of aliphatic carboxylic acids is 1. The van der Waals surface area contributed by atoms with E-state index in [1.165, 1.54) is 12.1 Å². The quantitative estimate of drug-likeness (QED) is 0.798. The van der Waals surface area contributed by atoms with Crippen LogP contribution in [0.2, 0.25) is 0 Å². The lowest BCUT2D eigenvalue weighted by Crippen LogP contribution is -2.55. The highest BCUT2D eigenvalue weighted by molar-refractivity contribution is 5.86. The lowest BCUT2D eigenvalue weighted by molar-refractivity contribution is -0.144. The highest BCUT2D eigenvalue weighted by Crippen LogP contribution is 2.29. The molecule has 1 aromatic carbocycles. The number of carboxylic acid groups (broad SMARTS) is 1. The molecule has 114 valence electrons. The molecular formula is C15H19FN2O3. The maximum Gasteiger partial charge on any atom is 0.329 e. The number of urea groups is 1. The Morgan fingerprint density at radius 3 is 2.33 bits per heavy atom. The van der Waals surface area contributed by atoms with E-state index >= 15 is 0 Å². The fraction of sp³-hybridized carbons (Fsp3) is 0.467. The average molecular weight is 294 g/mol. The highest BCUT2D eigenvalue weighted by atomic mass is 19.1. The molecule has 1 aromatic rings. The molecule has 0 aromatic heterocycles. The molecule has 1 fully saturated rings. The summed E-state index contributed by atoms with van der Waals surface area (Å²) >= 11 is 0. The fourth-order valence-electron chi connectivity index (χ4n) is 2.66. The number of hydrogen-bond acceptors (Lipinski definition) is 2. The second-order valence-electron chi connectivity index (χ2n) is 5.47. The first-order chi connectivity index (χ1) is 9.93. The maximum atomic E-state index is 12.9. The summed E-state index contributed by atoms with van der Waals surface area (Å²) in [6.45, 7) is 1.76. The van der Waals surface area contributed by atoms with Crippen LogP contribution in [0.4, 0.5) is 9.18 Å². The number of amides is 2. The number of carboxylic acids is 1. The maximum absolute atomic E-state index is 12.9. The van der Waals surface area contributed by atoms with E-state index in [9.17, 15) is 19.1 Å². The van der Waals surface area contributed by atoms with Gasteiger partial charge >= 0.3 is 12.0 Å². The number of halogens is 1. The lowest BCUT2D eigenvalue weighted by Gasteiger charge is -2.26. The molecule has 1 saturated carbocycles. The van der Waals surface area contributed by atoms with Crippen LogP contribution in [0, 0.1) is 5.82 Å². The second kappa shape index (κ2) is 6.11. The topological polar surface area (TPSA) is 78.4 Å². The number of hydrogen-bond donors (Lipinski definition) is 3. The van der Waals surface area contributed by atoms with Gasteiger partial charge in [0, 0.05) is 0 Å². The van der Waals surface area contributed by atoms with Crippen molar-refractivity contribution in [2.45, 2.75) is 44.2 Å². The van der Waals surface area contributed by atoms with Gasteiger partial charge in [0.2, 0.25) is 0 Å². The number of rotatable bonds is 4. The summed E-state index contributed by atoms with van der Waals surface area (Å²) in [7, 11) is 0. The second-order valence-corrected chi connectivity index (χ2v) is 5.47. The molecule has 1 unspecified atom stereocenters. The van der Waals surface area contributed by atoms with Crippen LogP contribution in [0.5, 0.6) is 0 Å². The Balaban J connectivity index is 1.97. The van der Waals surface area contributed by atoms with E-state index in [1.54, 1.807) is 19.1 Å². The van der Waals surface area contributed by atoms with Gasteiger partial charge in [0.25, 0.3) is 0 Å². The molecule has 0 heterocycles.